The fourth-order valence-corrected chi connectivity index (χ4v) is 2.60. The highest BCUT2D eigenvalue weighted by molar-refractivity contribution is 6.30. The molecule has 0 bridgehead atoms. The predicted molar refractivity (Wildman–Crippen MR) is 75.2 cm³/mol. The molecule has 1 N–H and O–H groups in total. The van der Waals surface area contributed by atoms with Gasteiger partial charge < -0.3 is 15.0 Å². The van der Waals surface area contributed by atoms with Crippen molar-refractivity contribution in [1.29, 1.82) is 0 Å². The first-order valence-corrected chi connectivity index (χ1v) is 6.89. The van der Waals surface area contributed by atoms with E-state index in [-0.39, 0.29) is 23.0 Å². The van der Waals surface area contributed by atoms with Gasteiger partial charge in [-0.05, 0) is 38.2 Å². The van der Waals surface area contributed by atoms with E-state index in [1.807, 2.05) is 7.05 Å². The van der Waals surface area contributed by atoms with Crippen molar-refractivity contribution >= 4 is 11.6 Å². The minimum absolute atomic E-state index is 0.146. The normalized spacial score (nSPS) is 22.4. The summed E-state index contributed by atoms with van der Waals surface area (Å²) < 4.78 is 19.0. The number of nitrogens with one attached hydrogen (secondary N) is 1. The van der Waals surface area contributed by atoms with Gasteiger partial charge in [0.15, 0.2) is 0 Å². The van der Waals surface area contributed by atoms with Crippen LogP contribution in [0.25, 0.3) is 0 Å². The average molecular weight is 287 g/mol. The number of rotatable bonds is 4. The lowest BCUT2D eigenvalue weighted by Gasteiger charge is -2.35. The molecule has 1 aromatic rings. The number of halogens is 2. The van der Waals surface area contributed by atoms with Gasteiger partial charge >= 0.3 is 0 Å². The molecule has 1 heterocycles. The first-order valence-electron chi connectivity index (χ1n) is 6.51. The van der Waals surface area contributed by atoms with E-state index in [9.17, 15) is 4.39 Å². The van der Waals surface area contributed by atoms with Gasteiger partial charge in [-0.15, -0.1) is 0 Å². The Morgan fingerprint density at radius 1 is 1.58 bits per heavy atom. The number of morpholine rings is 1. The lowest BCUT2D eigenvalue weighted by molar-refractivity contribution is -0.0372. The van der Waals surface area contributed by atoms with E-state index in [4.69, 9.17) is 16.3 Å². The van der Waals surface area contributed by atoms with Gasteiger partial charge in [-0.3, -0.25) is 0 Å². The summed E-state index contributed by atoms with van der Waals surface area (Å²) in [6, 6.07) is 5.08. The van der Waals surface area contributed by atoms with E-state index in [2.05, 4.69) is 17.3 Å². The minimum atomic E-state index is -0.375. The zero-order valence-corrected chi connectivity index (χ0v) is 12.1. The topological polar surface area (TPSA) is 24.5 Å². The van der Waals surface area contributed by atoms with Crippen LogP contribution in [0.5, 0.6) is 0 Å². The van der Waals surface area contributed by atoms with Crippen LogP contribution >= 0.6 is 11.6 Å². The third-order valence-electron chi connectivity index (χ3n) is 3.56. The maximum absolute atomic E-state index is 13.1. The summed E-state index contributed by atoms with van der Waals surface area (Å²) in [4.78, 5) is 2.26. The molecule has 5 heteroatoms. The SMILES string of the molecule is CNC(Cc1ccc(F)c(Cl)c1)C1CN(C)CCO1. The smallest absolute Gasteiger partial charge is 0.141 e. The highest BCUT2D eigenvalue weighted by Gasteiger charge is 2.25. The van der Waals surface area contributed by atoms with Crippen LogP contribution in [0.15, 0.2) is 18.2 Å². The average Bonchev–Trinajstić information content (AvgIpc) is 2.40. The third kappa shape index (κ3) is 3.89. The van der Waals surface area contributed by atoms with Crippen molar-refractivity contribution in [2.75, 3.05) is 33.8 Å². The lowest BCUT2D eigenvalue weighted by Crippen LogP contribution is -2.51. The molecule has 1 aromatic carbocycles. The lowest BCUT2D eigenvalue weighted by atomic mass is 10.00. The van der Waals surface area contributed by atoms with Gasteiger partial charge in [0.05, 0.1) is 17.7 Å². The van der Waals surface area contributed by atoms with Crippen LogP contribution in [0.2, 0.25) is 5.02 Å². The highest BCUT2D eigenvalue weighted by atomic mass is 35.5. The minimum Gasteiger partial charge on any atom is -0.374 e. The second-order valence-electron chi connectivity index (χ2n) is 5.02. The molecule has 1 fully saturated rings. The molecule has 1 saturated heterocycles. The van der Waals surface area contributed by atoms with E-state index in [0.717, 1.165) is 31.7 Å². The molecule has 0 saturated carbocycles. The highest BCUT2D eigenvalue weighted by Crippen LogP contribution is 2.19. The van der Waals surface area contributed by atoms with Crippen LogP contribution in [-0.2, 0) is 11.2 Å². The van der Waals surface area contributed by atoms with E-state index < -0.39 is 0 Å². The number of nitrogens with zero attached hydrogens (tertiary/aromatic N) is 1. The molecule has 0 aromatic heterocycles. The summed E-state index contributed by atoms with van der Waals surface area (Å²) in [7, 11) is 4.02. The van der Waals surface area contributed by atoms with Crippen molar-refractivity contribution in [1.82, 2.24) is 10.2 Å². The Hall–Kier alpha value is -0.680. The monoisotopic (exact) mass is 286 g/mol. The maximum atomic E-state index is 13.1. The Morgan fingerprint density at radius 2 is 2.37 bits per heavy atom. The van der Waals surface area contributed by atoms with Crippen LogP contribution in [0.4, 0.5) is 4.39 Å². The van der Waals surface area contributed by atoms with E-state index in [1.54, 1.807) is 12.1 Å². The van der Waals surface area contributed by atoms with Crippen molar-refractivity contribution in [2.24, 2.45) is 0 Å². The Kier molecular flexibility index (Phi) is 5.16. The van der Waals surface area contributed by atoms with Crippen molar-refractivity contribution < 1.29 is 9.13 Å². The van der Waals surface area contributed by atoms with Crippen molar-refractivity contribution in [3.05, 3.63) is 34.6 Å². The summed E-state index contributed by atoms with van der Waals surface area (Å²) in [6.45, 7) is 2.62. The fourth-order valence-electron chi connectivity index (χ4n) is 2.39. The van der Waals surface area contributed by atoms with Gasteiger partial charge in [-0.25, -0.2) is 4.39 Å². The van der Waals surface area contributed by atoms with Crippen LogP contribution in [0, 0.1) is 5.82 Å². The van der Waals surface area contributed by atoms with E-state index in [0.29, 0.717) is 0 Å². The summed E-state index contributed by atoms with van der Waals surface area (Å²) in [5.41, 5.74) is 1.02. The molecule has 106 valence electrons. The second-order valence-corrected chi connectivity index (χ2v) is 5.43. The van der Waals surface area contributed by atoms with E-state index >= 15 is 0 Å². The summed E-state index contributed by atoms with van der Waals surface area (Å²) in [5.74, 6) is -0.375. The number of ether oxygens (including phenoxy) is 1. The van der Waals surface area contributed by atoms with Crippen molar-refractivity contribution in [3.63, 3.8) is 0 Å². The molecule has 3 nitrogen and oxygen atoms in total. The molecular formula is C14H20ClFN2O. The Bertz CT molecular complexity index is 430. The van der Waals surface area contributed by atoms with Crippen LogP contribution < -0.4 is 5.32 Å². The molecule has 0 spiro atoms. The van der Waals surface area contributed by atoms with Crippen molar-refractivity contribution in [3.8, 4) is 0 Å². The summed E-state index contributed by atoms with van der Waals surface area (Å²) >= 11 is 5.81. The Balaban J connectivity index is 2.03. The Labute approximate surface area is 118 Å². The molecule has 1 aliphatic rings. The van der Waals surface area contributed by atoms with Gasteiger partial charge in [-0.1, -0.05) is 17.7 Å². The predicted octanol–water partition coefficient (Wildman–Crippen LogP) is 1.94. The molecule has 0 radical (unpaired) electrons. The van der Waals surface area contributed by atoms with Gasteiger partial charge in [0.2, 0.25) is 0 Å². The van der Waals surface area contributed by atoms with Crippen molar-refractivity contribution in [2.45, 2.75) is 18.6 Å². The number of likely N-dealkylation sites (N-methyl/N-ethyl adjacent to an activating group) is 2. The maximum Gasteiger partial charge on any atom is 0.141 e. The molecule has 2 unspecified atom stereocenters. The largest absolute Gasteiger partial charge is 0.374 e. The van der Waals surface area contributed by atoms with Crippen LogP contribution in [-0.4, -0.2) is 50.8 Å². The molecule has 1 aliphatic heterocycles. The molecule has 2 rings (SSSR count). The number of benzene rings is 1. The zero-order chi connectivity index (χ0) is 13.8. The Morgan fingerprint density at radius 3 is 3.00 bits per heavy atom. The standard InChI is InChI=1S/C14H20ClFN2O/c1-17-13(14-9-18(2)5-6-19-14)8-10-3-4-12(16)11(15)7-10/h3-4,7,13-14,17H,5-6,8-9H2,1-2H3. The molecule has 0 aliphatic carbocycles. The second kappa shape index (κ2) is 6.66. The first kappa shape index (κ1) is 14.7. The third-order valence-corrected chi connectivity index (χ3v) is 3.85. The van der Waals surface area contributed by atoms with Gasteiger partial charge in [-0.2, -0.15) is 0 Å². The molecule has 19 heavy (non-hydrogen) atoms. The molecular weight excluding hydrogens is 267 g/mol. The zero-order valence-electron chi connectivity index (χ0n) is 11.3. The summed E-state index contributed by atoms with van der Waals surface area (Å²) in [6.07, 6.45) is 0.919. The fraction of sp³-hybridized carbons (Fsp3) is 0.571. The van der Waals surface area contributed by atoms with Gasteiger partial charge in [0, 0.05) is 19.1 Å². The van der Waals surface area contributed by atoms with Crippen LogP contribution in [0.1, 0.15) is 5.56 Å². The number of hydrogen-bond donors (Lipinski definition) is 1. The molecule has 2 atom stereocenters. The van der Waals surface area contributed by atoms with Crippen LogP contribution in [0.3, 0.4) is 0 Å². The quantitative estimate of drug-likeness (QED) is 0.915. The van der Waals surface area contributed by atoms with Gasteiger partial charge in [0.25, 0.3) is 0 Å². The van der Waals surface area contributed by atoms with Gasteiger partial charge in [0.1, 0.15) is 5.82 Å². The molecule has 0 amide bonds. The number of hydrogen-bond acceptors (Lipinski definition) is 3. The first-order chi connectivity index (χ1) is 9.10. The van der Waals surface area contributed by atoms with E-state index in [1.165, 1.54) is 6.07 Å². The summed E-state index contributed by atoms with van der Waals surface area (Å²) in [5, 5.41) is 3.46.